The van der Waals surface area contributed by atoms with Gasteiger partial charge in [-0.05, 0) is 43.0 Å². The summed E-state index contributed by atoms with van der Waals surface area (Å²) in [5.41, 5.74) is 0.551. The third kappa shape index (κ3) is 3.51. The normalized spacial score (nSPS) is 22.3. The van der Waals surface area contributed by atoms with Crippen LogP contribution >= 0.6 is 0 Å². The second kappa shape index (κ2) is 6.82. The van der Waals surface area contributed by atoms with Gasteiger partial charge in [-0.1, -0.05) is 26.7 Å². The van der Waals surface area contributed by atoms with E-state index in [1.54, 1.807) is 19.1 Å². The average molecular weight is 323 g/mol. The number of carbonyl (C=O) groups excluding carboxylic acids is 1. The second-order valence-electron chi connectivity index (χ2n) is 6.17. The summed E-state index contributed by atoms with van der Waals surface area (Å²) < 4.78 is 23.6. The van der Waals surface area contributed by atoms with Crippen molar-refractivity contribution in [3.8, 4) is 0 Å². The number of benzene rings is 1. The van der Waals surface area contributed by atoms with Crippen molar-refractivity contribution in [3.63, 3.8) is 0 Å². The quantitative estimate of drug-likeness (QED) is 0.855. The molecule has 0 bridgehead atoms. The van der Waals surface area contributed by atoms with Gasteiger partial charge in [-0.15, -0.1) is 0 Å². The molecule has 0 heterocycles. The zero-order valence-corrected chi connectivity index (χ0v) is 14.4. The fraction of sp³-hybridized carbons (Fsp3) is 0.588. The zero-order valence-electron chi connectivity index (χ0n) is 13.6. The first-order valence-electron chi connectivity index (χ1n) is 7.96. The number of hydrogen-bond acceptors (Lipinski definition) is 3. The Labute approximate surface area is 133 Å². The van der Waals surface area contributed by atoms with Crippen LogP contribution < -0.4 is 0 Å². The number of carbonyl (C=O) groups is 1. The molecule has 0 N–H and O–H groups in total. The van der Waals surface area contributed by atoms with Crippen molar-refractivity contribution in [2.24, 2.45) is 5.92 Å². The van der Waals surface area contributed by atoms with E-state index in [2.05, 4.69) is 6.92 Å². The first-order chi connectivity index (χ1) is 10.4. The van der Waals surface area contributed by atoms with Gasteiger partial charge in [-0.3, -0.25) is 4.79 Å². The maximum atomic E-state index is 12.6. The van der Waals surface area contributed by atoms with Crippen LogP contribution in [0.2, 0.25) is 0 Å². The molecule has 0 aromatic heterocycles. The molecular weight excluding hydrogens is 298 g/mol. The van der Waals surface area contributed by atoms with Crippen LogP contribution in [0, 0.1) is 5.92 Å². The van der Waals surface area contributed by atoms with E-state index in [0.717, 1.165) is 12.8 Å². The Hall–Kier alpha value is -1.36. The fourth-order valence-electron chi connectivity index (χ4n) is 3.20. The van der Waals surface area contributed by atoms with Crippen molar-refractivity contribution in [2.75, 3.05) is 12.8 Å². The van der Waals surface area contributed by atoms with E-state index in [9.17, 15) is 13.2 Å². The molecule has 122 valence electrons. The molecule has 22 heavy (non-hydrogen) atoms. The van der Waals surface area contributed by atoms with Gasteiger partial charge < -0.3 is 4.90 Å². The van der Waals surface area contributed by atoms with Crippen LogP contribution in [0.15, 0.2) is 29.2 Å². The molecule has 1 aromatic rings. The van der Waals surface area contributed by atoms with Gasteiger partial charge in [-0.2, -0.15) is 0 Å². The van der Waals surface area contributed by atoms with Gasteiger partial charge in [0.1, 0.15) is 0 Å². The third-order valence-corrected chi connectivity index (χ3v) is 6.47. The fourth-order valence-corrected chi connectivity index (χ4v) is 4.08. The molecular formula is C17H25NO3S. The standard InChI is InChI=1S/C17H25NO3S/c1-4-22(20,21)15-11-9-14(10-12-15)17(19)18(3)16-8-6-5-7-13(16)2/h9-13,16H,4-8H2,1-3H3/t13-,16+/m1/s1. The molecule has 0 spiro atoms. The van der Waals surface area contributed by atoms with E-state index in [0.29, 0.717) is 11.5 Å². The smallest absolute Gasteiger partial charge is 0.253 e. The van der Waals surface area contributed by atoms with Crippen LogP contribution in [0.25, 0.3) is 0 Å². The summed E-state index contributed by atoms with van der Waals surface area (Å²) >= 11 is 0. The van der Waals surface area contributed by atoms with Crippen LogP contribution in [0.4, 0.5) is 0 Å². The summed E-state index contributed by atoms with van der Waals surface area (Å²) in [6.07, 6.45) is 4.62. The van der Waals surface area contributed by atoms with Crippen molar-refractivity contribution < 1.29 is 13.2 Å². The van der Waals surface area contributed by atoms with Crippen molar-refractivity contribution >= 4 is 15.7 Å². The zero-order chi connectivity index (χ0) is 16.3. The SMILES string of the molecule is CCS(=O)(=O)c1ccc(C(=O)N(C)[C@H]2CCCC[C@H]2C)cc1. The molecule has 5 heteroatoms. The minimum absolute atomic E-state index is 0.0285. The maximum absolute atomic E-state index is 12.6. The van der Waals surface area contributed by atoms with E-state index in [1.807, 2.05) is 11.9 Å². The molecule has 2 atom stereocenters. The number of nitrogens with zero attached hydrogens (tertiary/aromatic N) is 1. The van der Waals surface area contributed by atoms with Crippen LogP contribution in [0.1, 0.15) is 49.9 Å². The Bertz CT molecular complexity index is 622. The molecule has 0 saturated heterocycles. The van der Waals surface area contributed by atoms with E-state index < -0.39 is 9.84 Å². The highest BCUT2D eigenvalue weighted by Crippen LogP contribution is 2.28. The molecule has 2 rings (SSSR count). The van der Waals surface area contributed by atoms with E-state index in [4.69, 9.17) is 0 Å². The van der Waals surface area contributed by atoms with Gasteiger partial charge in [0.15, 0.2) is 9.84 Å². The number of hydrogen-bond donors (Lipinski definition) is 0. The summed E-state index contributed by atoms with van der Waals surface area (Å²) in [6.45, 7) is 3.82. The highest BCUT2D eigenvalue weighted by Gasteiger charge is 2.28. The van der Waals surface area contributed by atoms with Gasteiger partial charge in [-0.25, -0.2) is 8.42 Å². The van der Waals surface area contributed by atoms with Crippen LogP contribution in [0.3, 0.4) is 0 Å². The average Bonchev–Trinajstić information content (AvgIpc) is 2.54. The Morgan fingerprint density at radius 2 is 1.77 bits per heavy atom. The second-order valence-corrected chi connectivity index (χ2v) is 8.45. The minimum Gasteiger partial charge on any atom is -0.338 e. The number of sulfone groups is 1. The Balaban J connectivity index is 2.15. The maximum Gasteiger partial charge on any atom is 0.253 e. The predicted molar refractivity (Wildman–Crippen MR) is 87.7 cm³/mol. The highest BCUT2D eigenvalue weighted by atomic mass is 32.2. The van der Waals surface area contributed by atoms with Gasteiger partial charge in [0, 0.05) is 18.7 Å². The predicted octanol–water partition coefficient (Wildman–Crippen LogP) is 3.13. The number of amides is 1. The largest absolute Gasteiger partial charge is 0.338 e. The lowest BCUT2D eigenvalue weighted by Gasteiger charge is -2.36. The first kappa shape index (κ1) is 17.0. The molecule has 0 radical (unpaired) electrons. The Morgan fingerprint density at radius 3 is 2.32 bits per heavy atom. The molecule has 0 unspecified atom stereocenters. The molecule has 1 aliphatic carbocycles. The van der Waals surface area contributed by atoms with Gasteiger partial charge in [0.25, 0.3) is 5.91 Å². The lowest BCUT2D eigenvalue weighted by molar-refractivity contribution is 0.0629. The van der Waals surface area contributed by atoms with Crippen LogP contribution in [0.5, 0.6) is 0 Å². The van der Waals surface area contributed by atoms with Crippen molar-refractivity contribution in [1.29, 1.82) is 0 Å². The topological polar surface area (TPSA) is 54.5 Å². The summed E-state index contributed by atoms with van der Waals surface area (Å²) in [7, 11) is -1.36. The molecule has 4 nitrogen and oxygen atoms in total. The monoisotopic (exact) mass is 323 g/mol. The lowest BCUT2D eigenvalue weighted by Crippen LogP contribution is -2.42. The molecule has 1 amide bonds. The van der Waals surface area contributed by atoms with E-state index in [-0.39, 0.29) is 22.6 Å². The number of rotatable bonds is 4. The van der Waals surface area contributed by atoms with Gasteiger partial charge >= 0.3 is 0 Å². The van der Waals surface area contributed by atoms with E-state index >= 15 is 0 Å². The lowest BCUT2D eigenvalue weighted by atomic mass is 9.85. The molecule has 1 aliphatic rings. The summed E-state index contributed by atoms with van der Waals surface area (Å²) in [5.74, 6) is 0.557. The van der Waals surface area contributed by atoms with Crippen molar-refractivity contribution in [1.82, 2.24) is 4.90 Å². The third-order valence-electron chi connectivity index (χ3n) is 4.72. The molecule has 1 fully saturated rings. The van der Waals surface area contributed by atoms with Gasteiger partial charge in [0.05, 0.1) is 10.6 Å². The minimum atomic E-state index is -3.22. The van der Waals surface area contributed by atoms with Crippen molar-refractivity contribution in [2.45, 2.75) is 50.5 Å². The first-order valence-corrected chi connectivity index (χ1v) is 9.62. The Kier molecular flexibility index (Phi) is 5.27. The van der Waals surface area contributed by atoms with Crippen LogP contribution in [-0.2, 0) is 9.84 Å². The van der Waals surface area contributed by atoms with Gasteiger partial charge in [0.2, 0.25) is 0 Å². The summed E-state index contributed by atoms with van der Waals surface area (Å²) in [4.78, 5) is 14.7. The summed E-state index contributed by atoms with van der Waals surface area (Å²) in [5, 5.41) is 0. The highest BCUT2D eigenvalue weighted by molar-refractivity contribution is 7.91. The Morgan fingerprint density at radius 1 is 1.18 bits per heavy atom. The van der Waals surface area contributed by atoms with Crippen molar-refractivity contribution in [3.05, 3.63) is 29.8 Å². The molecule has 1 aromatic carbocycles. The van der Waals surface area contributed by atoms with E-state index in [1.165, 1.54) is 25.0 Å². The van der Waals surface area contributed by atoms with Crippen LogP contribution in [-0.4, -0.2) is 38.1 Å². The molecule has 0 aliphatic heterocycles. The summed E-state index contributed by atoms with van der Waals surface area (Å²) in [6, 6.07) is 6.58. The molecule has 1 saturated carbocycles.